The number of benzene rings is 2. The quantitative estimate of drug-likeness (QED) is 0.515. The molecule has 7 heteroatoms. The molecule has 1 unspecified atom stereocenters. The molecule has 2 aromatic carbocycles. The van der Waals surface area contributed by atoms with Crippen molar-refractivity contribution in [2.24, 2.45) is 0 Å². The molecule has 0 heterocycles. The summed E-state index contributed by atoms with van der Waals surface area (Å²) in [6.45, 7) is -0.0792. The average Bonchev–Trinajstić information content (AvgIpc) is 2.70. The number of allylic oxidation sites excluding steroid dienone is 1. The maximum absolute atomic E-state index is 10.5. The van der Waals surface area contributed by atoms with Gasteiger partial charge in [-0.2, -0.15) is 0 Å². The summed E-state index contributed by atoms with van der Waals surface area (Å²) in [6.07, 6.45) is 2.67. The predicted molar refractivity (Wildman–Crippen MR) is 99.8 cm³/mol. The second-order valence-corrected chi connectivity index (χ2v) is 5.51. The van der Waals surface area contributed by atoms with Crippen LogP contribution in [0.1, 0.15) is 17.2 Å². The van der Waals surface area contributed by atoms with Crippen LogP contribution in [0.3, 0.4) is 0 Å². The lowest BCUT2D eigenvalue weighted by Crippen LogP contribution is -2.11. The van der Waals surface area contributed by atoms with Crippen LogP contribution >= 0.6 is 0 Å². The molecule has 0 bridgehead atoms. The van der Waals surface area contributed by atoms with Crippen LogP contribution in [0, 0.1) is 0 Å². The molecule has 0 saturated heterocycles. The zero-order valence-electron chi connectivity index (χ0n) is 15.3. The summed E-state index contributed by atoms with van der Waals surface area (Å²) in [7, 11) is 4.39. The minimum Gasteiger partial charge on any atom is -0.504 e. The molecule has 27 heavy (non-hydrogen) atoms. The largest absolute Gasteiger partial charge is 0.504 e. The fourth-order valence-corrected chi connectivity index (χ4v) is 2.45. The van der Waals surface area contributed by atoms with Gasteiger partial charge in [-0.3, -0.25) is 4.79 Å². The van der Waals surface area contributed by atoms with Gasteiger partial charge >= 0.3 is 0 Å². The second kappa shape index (κ2) is 9.49. The molecule has 144 valence electrons. The first-order valence-corrected chi connectivity index (χ1v) is 8.09. The highest BCUT2D eigenvalue weighted by Gasteiger charge is 2.17. The van der Waals surface area contributed by atoms with Gasteiger partial charge in [-0.1, -0.05) is 12.1 Å². The Bertz CT molecular complexity index is 789. The van der Waals surface area contributed by atoms with E-state index in [-0.39, 0.29) is 18.1 Å². The molecule has 0 aliphatic carbocycles. The Morgan fingerprint density at radius 2 is 1.63 bits per heavy atom. The van der Waals surface area contributed by atoms with Gasteiger partial charge in [0.1, 0.15) is 19.0 Å². The van der Waals surface area contributed by atoms with E-state index < -0.39 is 6.10 Å². The van der Waals surface area contributed by atoms with Crippen LogP contribution in [0.5, 0.6) is 28.7 Å². The van der Waals surface area contributed by atoms with E-state index >= 15 is 0 Å². The maximum atomic E-state index is 10.5. The van der Waals surface area contributed by atoms with Crippen molar-refractivity contribution in [2.75, 3.05) is 27.9 Å². The normalized spacial score (nSPS) is 11.9. The van der Waals surface area contributed by atoms with Crippen LogP contribution in [-0.2, 0) is 4.79 Å². The molecule has 0 aromatic heterocycles. The Morgan fingerprint density at radius 3 is 2.19 bits per heavy atom. The Hall–Kier alpha value is -3.19. The second-order valence-electron chi connectivity index (χ2n) is 5.51. The summed E-state index contributed by atoms with van der Waals surface area (Å²) in [5.74, 6) is 1.36. The number of phenolic OH excluding ortho intramolecular Hbond substituents is 1. The van der Waals surface area contributed by atoms with Crippen LogP contribution in [-0.4, -0.2) is 44.4 Å². The van der Waals surface area contributed by atoms with Gasteiger partial charge in [-0.05, 0) is 41.5 Å². The van der Waals surface area contributed by atoms with Crippen molar-refractivity contribution in [3.63, 3.8) is 0 Å². The molecule has 2 rings (SSSR count). The van der Waals surface area contributed by atoms with E-state index in [2.05, 4.69) is 0 Å². The van der Waals surface area contributed by atoms with Crippen molar-refractivity contribution in [2.45, 2.75) is 6.10 Å². The number of hydrogen-bond donors (Lipinski definition) is 2. The molecule has 0 radical (unpaired) electrons. The van der Waals surface area contributed by atoms with Gasteiger partial charge in [-0.15, -0.1) is 0 Å². The Kier molecular flexibility index (Phi) is 7.08. The lowest BCUT2D eigenvalue weighted by Gasteiger charge is -2.18. The minimum absolute atomic E-state index is 0.0170. The molecule has 0 saturated carbocycles. The summed E-state index contributed by atoms with van der Waals surface area (Å²) < 4.78 is 21.4. The number of aliphatic hydroxyl groups excluding tert-OH is 1. The lowest BCUT2D eigenvalue weighted by molar-refractivity contribution is -0.104. The number of carbonyl (C=O) groups excluding carboxylic acids is 1. The fourth-order valence-electron chi connectivity index (χ4n) is 2.45. The van der Waals surface area contributed by atoms with Crippen molar-refractivity contribution < 1.29 is 34.0 Å². The third-order valence-electron chi connectivity index (χ3n) is 3.82. The van der Waals surface area contributed by atoms with Gasteiger partial charge < -0.3 is 29.2 Å². The molecule has 0 fully saturated rings. The first-order chi connectivity index (χ1) is 13.0. The van der Waals surface area contributed by atoms with Crippen molar-refractivity contribution in [3.8, 4) is 28.7 Å². The van der Waals surface area contributed by atoms with Gasteiger partial charge in [0.05, 0.1) is 21.3 Å². The lowest BCUT2D eigenvalue weighted by atomic mass is 10.1. The number of rotatable bonds is 9. The molecule has 0 aliphatic heterocycles. The van der Waals surface area contributed by atoms with Crippen molar-refractivity contribution in [1.29, 1.82) is 0 Å². The summed E-state index contributed by atoms with van der Waals surface area (Å²) in [5, 5.41) is 20.0. The molecule has 1 atom stereocenters. The highest BCUT2D eigenvalue weighted by Crippen LogP contribution is 2.39. The summed E-state index contributed by atoms with van der Waals surface area (Å²) in [6, 6.07) is 7.92. The molecule has 2 N–H and O–H groups in total. The van der Waals surface area contributed by atoms with E-state index in [1.54, 1.807) is 24.3 Å². The van der Waals surface area contributed by atoms with E-state index in [4.69, 9.17) is 18.9 Å². The fraction of sp³-hybridized carbons (Fsp3) is 0.250. The van der Waals surface area contributed by atoms with E-state index in [9.17, 15) is 15.0 Å². The van der Waals surface area contributed by atoms with E-state index in [1.807, 2.05) is 0 Å². The van der Waals surface area contributed by atoms with Gasteiger partial charge in [0.2, 0.25) is 5.75 Å². The summed E-state index contributed by atoms with van der Waals surface area (Å²) in [4.78, 5) is 10.5. The van der Waals surface area contributed by atoms with Crippen LogP contribution < -0.4 is 18.9 Å². The summed E-state index contributed by atoms with van der Waals surface area (Å²) >= 11 is 0. The Morgan fingerprint density at radius 1 is 1.00 bits per heavy atom. The van der Waals surface area contributed by atoms with E-state index in [1.165, 1.54) is 39.5 Å². The number of hydrogen-bond acceptors (Lipinski definition) is 7. The number of carbonyl (C=O) groups is 1. The monoisotopic (exact) mass is 374 g/mol. The van der Waals surface area contributed by atoms with Gasteiger partial charge in [0, 0.05) is 0 Å². The minimum atomic E-state index is -0.969. The van der Waals surface area contributed by atoms with E-state index in [0.717, 1.165) is 0 Å². The third-order valence-corrected chi connectivity index (χ3v) is 3.82. The number of methoxy groups -OCH3 is 3. The topological polar surface area (TPSA) is 94.5 Å². The highest BCUT2D eigenvalue weighted by molar-refractivity contribution is 5.75. The summed E-state index contributed by atoms with van der Waals surface area (Å²) in [5.41, 5.74) is 1.22. The van der Waals surface area contributed by atoms with Crippen LogP contribution in [0.25, 0.3) is 6.08 Å². The molecule has 0 aliphatic rings. The maximum Gasteiger partial charge on any atom is 0.203 e. The third kappa shape index (κ3) is 4.92. The van der Waals surface area contributed by atoms with Crippen LogP contribution in [0.4, 0.5) is 0 Å². The number of aldehydes is 1. The zero-order valence-corrected chi connectivity index (χ0v) is 15.3. The van der Waals surface area contributed by atoms with Crippen molar-refractivity contribution in [1.82, 2.24) is 0 Å². The van der Waals surface area contributed by atoms with Crippen molar-refractivity contribution >= 4 is 12.4 Å². The van der Waals surface area contributed by atoms with Gasteiger partial charge in [-0.25, -0.2) is 0 Å². The molecule has 0 amide bonds. The van der Waals surface area contributed by atoms with Gasteiger partial charge in [0.25, 0.3) is 0 Å². The van der Waals surface area contributed by atoms with Crippen molar-refractivity contribution in [3.05, 3.63) is 47.5 Å². The first kappa shape index (κ1) is 20.1. The molecule has 2 aromatic rings. The molecular weight excluding hydrogens is 352 g/mol. The number of ether oxygens (including phenoxy) is 4. The molecular formula is C20H22O7. The van der Waals surface area contributed by atoms with E-state index in [0.29, 0.717) is 34.7 Å². The predicted octanol–water partition coefficient (Wildman–Crippen LogP) is 2.74. The first-order valence-electron chi connectivity index (χ1n) is 8.09. The molecule has 0 spiro atoms. The Labute approximate surface area is 157 Å². The SMILES string of the molecule is COc1cc(C(O)COc2c(OC)cc(/C=C/C=O)cc2OC)ccc1O. The smallest absolute Gasteiger partial charge is 0.203 e. The Balaban J connectivity index is 2.23. The molecule has 7 nitrogen and oxygen atoms in total. The van der Waals surface area contributed by atoms with Gasteiger partial charge in [0.15, 0.2) is 23.0 Å². The number of phenols is 1. The van der Waals surface area contributed by atoms with Crippen LogP contribution in [0.15, 0.2) is 36.4 Å². The zero-order chi connectivity index (χ0) is 19.8. The highest BCUT2D eigenvalue weighted by atomic mass is 16.5. The van der Waals surface area contributed by atoms with Crippen LogP contribution in [0.2, 0.25) is 0 Å². The number of aliphatic hydroxyl groups is 1. The average molecular weight is 374 g/mol. The standard InChI is InChI=1S/C20H22O7/c1-24-17-11-14(6-7-15(17)22)16(23)12-27-20-18(25-2)9-13(5-4-8-21)10-19(20)26-3/h4-11,16,22-23H,12H2,1-3H3/b5-4+. The number of aromatic hydroxyl groups is 1.